The predicted octanol–water partition coefficient (Wildman–Crippen LogP) is 0.0487. The first-order valence-corrected chi connectivity index (χ1v) is 4.93. The maximum Gasteiger partial charge on any atom is 0.331 e. The van der Waals surface area contributed by atoms with Crippen molar-refractivity contribution in [2.45, 2.75) is 12.8 Å². The molecular formula is C5H10NO5P. The maximum atomic E-state index is 10.3. The summed E-state index contributed by atoms with van der Waals surface area (Å²) in [4.78, 5) is 26.7. The van der Waals surface area contributed by atoms with E-state index < -0.39 is 19.7 Å². The fourth-order valence-electron chi connectivity index (χ4n) is 0.586. The van der Waals surface area contributed by atoms with Crippen LogP contribution in [-0.2, 0) is 9.36 Å². The molecule has 0 saturated heterocycles. The van der Waals surface area contributed by atoms with E-state index in [0.717, 1.165) is 0 Å². The number of hydrogen-bond acceptors (Lipinski definition) is 3. The van der Waals surface area contributed by atoms with E-state index in [4.69, 9.17) is 20.3 Å². The molecule has 0 radical (unpaired) electrons. The second-order valence-electron chi connectivity index (χ2n) is 2.32. The fourth-order valence-corrected chi connectivity index (χ4v) is 1.24. The molecule has 0 aliphatic heterocycles. The summed E-state index contributed by atoms with van der Waals surface area (Å²) in [5.74, 6) is -1.08. The Bertz CT molecular complexity index is 232. The van der Waals surface area contributed by atoms with Gasteiger partial charge in [0.05, 0.1) is 12.6 Å². The minimum Gasteiger partial charge on any atom is -0.481 e. The highest BCUT2D eigenvalue weighted by molar-refractivity contribution is 7.52. The highest BCUT2D eigenvalue weighted by Crippen LogP contribution is 2.34. The van der Waals surface area contributed by atoms with Crippen LogP contribution in [0, 0.1) is 5.41 Å². The van der Waals surface area contributed by atoms with Crippen molar-refractivity contribution in [1.29, 1.82) is 5.41 Å². The van der Waals surface area contributed by atoms with Crippen LogP contribution in [0.1, 0.15) is 12.8 Å². The summed E-state index contributed by atoms with van der Waals surface area (Å²) in [5.41, 5.74) is -0.231. The second-order valence-corrected chi connectivity index (χ2v) is 3.97. The average Bonchev–Trinajstić information content (AvgIpc) is 1.79. The number of carboxylic acids is 1. The van der Waals surface area contributed by atoms with Gasteiger partial charge in [-0.2, -0.15) is 0 Å². The van der Waals surface area contributed by atoms with Crippen LogP contribution >= 0.6 is 7.60 Å². The molecular weight excluding hydrogens is 185 g/mol. The van der Waals surface area contributed by atoms with E-state index in [-0.39, 0.29) is 18.6 Å². The minimum absolute atomic E-state index is 0.111. The van der Waals surface area contributed by atoms with Gasteiger partial charge in [-0.15, -0.1) is 0 Å². The Balaban J connectivity index is 3.76. The van der Waals surface area contributed by atoms with Gasteiger partial charge in [-0.05, 0) is 6.42 Å². The molecule has 70 valence electrons. The lowest BCUT2D eigenvalue weighted by Gasteiger charge is -2.03. The Morgan fingerprint density at radius 2 is 1.83 bits per heavy atom. The number of carbonyl (C=O) groups is 1. The molecule has 0 aromatic carbocycles. The van der Waals surface area contributed by atoms with Crippen LogP contribution in [0.3, 0.4) is 0 Å². The van der Waals surface area contributed by atoms with Gasteiger partial charge in [-0.3, -0.25) is 9.36 Å². The van der Waals surface area contributed by atoms with Crippen molar-refractivity contribution in [3.05, 3.63) is 0 Å². The van der Waals surface area contributed by atoms with E-state index in [1.165, 1.54) is 0 Å². The molecule has 0 amide bonds. The van der Waals surface area contributed by atoms with Gasteiger partial charge in [0.25, 0.3) is 0 Å². The smallest absolute Gasteiger partial charge is 0.331 e. The molecule has 7 heteroatoms. The summed E-state index contributed by atoms with van der Waals surface area (Å²) in [5, 5.41) is 15.2. The van der Waals surface area contributed by atoms with Crippen LogP contribution in [0.5, 0.6) is 0 Å². The van der Waals surface area contributed by atoms with Gasteiger partial charge in [0.2, 0.25) is 0 Å². The third-order valence-electron chi connectivity index (χ3n) is 1.04. The molecule has 0 spiro atoms. The lowest BCUT2D eigenvalue weighted by molar-refractivity contribution is -0.136. The van der Waals surface area contributed by atoms with Crippen molar-refractivity contribution in [1.82, 2.24) is 0 Å². The summed E-state index contributed by atoms with van der Waals surface area (Å²) in [7, 11) is -4.20. The fraction of sp³-hybridized carbons (Fsp3) is 0.600. The summed E-state index contributed by atoms with van der Waals surface area (Å²) < 4.78 is 10.3. The molecule has 0 fully saturated rings. The van der Waals surface area contributed by atoms with Gasteiger partial charge in [0.15, 0.2) is 0 Å². The summed E-state index contributed by atoms with van der Waals surface area (Å²) >= 11 is 0. The van der Waals surface area contributed by atoms with Gasteiger partial charge in [0, 0.05) is 5.71 Å². The summed E-state index contributed by atoms with van der Waals surface area (Å²) in [6.07, 6.45) is -1.03. The number of hydrogen-bond donors (Lipinski definition) is 4. The van der Waals surface area contributed by atoms with Gasteiger partial charge in [0.1, 0.15) is 0 Å². The molecule has 0 heterocycles. The van der Waals surface area contributed by atoms with Crippen molar-refractivity contribution in [3.8, 4) is 0 Å². The maximum absolute atomic E-state index is 10.3. The highest BCUT2D eigenvalue weighted by Gasteiger charge is 2.16. The Hall–Kier alpha value is -0.710. The topological polar surface area (TPSA) is 119 Å². The zero-order chi connectivity index (χ0) is 9.78. The Kier molecular flexibility index (Phi) is 4.09. The molecule has 0 bridgehead atoms. The monoisotopic (exact) mass is 195 g/mol. The van der Waals surface area contributed by atoms with Crippen LogP contribution in [-0.4, -0.2) is 32.7 Å². The Morgan fingerprint density at radius 1 is 1.33 bits per heavy atom. The lowest BCUT2D eigenvalue weighted by Crippen LogP contribution is -2.07. The third-order valence-corrected chi connectivity index (χ3v) is 1.83. The molecule has 0 aromatic rings. The Morgan fingerprint density at radius 3 is 2.17 bits per heavy atom. The average molecular weight is 195 g/mol. The van der Waals surface area contributed by atoms with Gasteiger partial charge < -0.3 is 20.3 Å². The van der Waals surface area contributed by atoms with E-state index in [1.54, 1.807) is 0 Å². The standard InChI is InChI=1S/C5H10NO5P/c6-4(1-2-5(7)8)3-12(9,10)11/h6H,1-3H2,(H,7,8)(H2,9,10,11). The first-order valence-electron chi connectivity index (χ1n) is 3.14. The molecule has 12 heavy (non-hydrogen) atoms. The number of nitrogens with one attached hydrogen (secondary N) is 1. The molecule has 0 unspecified atom stereocenters. The quantitative estimate of drug-likeness (QED) is 0.365. The molecule has 6 nitrogen and oxygen atoms in total. The largest absolute Gasteiger partial charge is 0.481 e. The van der Waals surface area contributed by atoms with E-state index in [1.807, 2.05) is 0 Å². The van der Waals surface area contributed by atoms with Crippen molar-refractivity contribution in [3.63, 3.8) is 0 Å². The number of aliphatic carboxylic acids is 1. The van der Waals surface area contributed by atoms with E-state index in [2.05, 4.69) is 0 Å². The lowest BCUT2D eigenvalue weighted by atomic mass is 10.2. The van der Waals surface area contributed by atoms with Crippen LogP contribution in [0.2, 0.25) is 0 Å². The molecule has 0 aliphatic carbocycles. The highest BCUT2D eigenvalue weighted by atomic mass is 31.2. The normalized spacial score (nSPS) is 11.2. The van der Waals surface area contributed by atoms with Crippen molar-refractivity contribution in [2.75, 3.05) is 6.16 Å². The van der Waals surface area contributed by atoms with Crippen molar-refractivity contribution in [2.24, 2.45) is 0 Å². The zero-order valence-corrected chi connectivity index (χ0v) is 7.12. The first kappa shape index (κ1) is 11.3. The van der Waals surface area contributed by atoms with Crippen molar-refractivity contribution < 1.29 is 24.3 Å². The molecule has 0 rings (SSSR count). The Labute approximate surface area is 68.9 Å². The molecule has 4 N–H and O–H groups in total. The van der Waals surface area contributed by atoms with Crippen LogP contribution in [0.25, 0.3) is 0 Å². The van der Waals surface area contributed by atoms with E-state index in [0.29, 0.717) is 0 Å². The first-order chi connectivity index (χ1) is 5.31. The van der Waals surface area contributed by atoms with Gasteiger partial charge >= 0.3 is 13.6 Å². The minimum atomic E-state index is -4.20. The zero-order valence-electron chi connectivity index (χ0n) is 6.23. The molecule has 0 saturated carbocycles. The van der Waals surface area contributed by atoms with Crippen molar-refractivity contribution >= 4 is 19.3 Å². The summed E-state index contributed by atoms with van der Waals surface area (Å²) in [6, 6.07) is 0. The van der Waals surface area contributed by atoms with Crippen LogP contribution in [0.4, 0.5) is 0 Å². The number of carboxylic acid groups (broad SMARTS) is 1. The predicted molar refractivity (Wildman–Crippen MR) is 41.5 cm³/mol. The summed E-state index contributed by atoms with van der Waals surface area (Å²) in [6.45, 7) is 0. The molecule has 0 atom stereocenters. The van der Waals surface area contributed by atoms with E-state index in [9.17, 15) is 9.36 Å². The molecule has 0 aromatic heterocycles. The van der Waals surface area contributed by atoms with Gasteiger partial charge in [-0.25, -0.2) is 0 Å². The van der Waals surface area contributed by atoms with Gasteiger partial charge in [-0.1, -0.05) is 0 Å². The van der Waals surface area contributed by atoms with Crippen LogP contribution in [0.15, 0.2) is 0 Å². The number of rotatable bonds is 5. The van der Waals surface area contributed by atoms with E-state index >= 15 is 0 Å². The molecule has 0 aliphatic rings. The SMILES string of the molecule is N=C(CCC(=O)O)CP(=O)(O)O. The van der Waals surface area contributed by atoms with Crippen LogP contribution < -0.4 is 0 Å². The third kappa shape index (κ3) is 7.40. The second kappa shape index (κ2) is 4.35.